The van der Waals surface area contributed by atoms with E-state index >= 15 is 0 Å². The standard InChI is InChI=1S/C15H28N4O2/c1-9-17(6)11(2)13(20)18(7)12(3)14(21)19(8)15(4,5)10-16/h11-12H,9H2,1-8H3. The van der Waals surface area contributed by atoms with Crippen molar-refractivity contribution < 1.29 is 9.59 Å². The zero-order valence-corrected chi connectivity index (χ0v) is 14.5. The minimum absolute atomic E-state index is 0.108. The molecule has 0 saturated carbocycles. The van der Waals surface area contributed by atoms with Gasteiger partial charge >= 0.3 is 0 Å². The third kappa shape index (κ3) is 4.43. The minimum Gasteiger partial charge on any atom is -0.333 e. The highest BCUT2D eigenvalue weighted by atomic mass is 16.2. The van der Waals surface area contributed by atoms with Crippen LogP contribution in [0.1, 0.15) is 34.6 Å². The zero-order valence-electron chi connectivity index (χ0n) is 14.5. The van der Waals surface area contributed by atoms with Gasteiger partial charge in [-0.15, -0.1) is 0 Å². The molecule has 2 atom stereocenters. The molecule has 0 bridgehead atoms. The number of nitriles is 1. The summed E-state index contributed by atoms with van der Waals surface area (Å²) in [6.45, 7) is 9.58. The van der Waals surface area contributed by atoms with E-state index in [0.29, 0.717) is 0 Å². The zero-order chi connectivity index (χ0) is 17.0. The molecule has 0 radical (unpaired) electrons. The molecule has 0 saturated heterocycles. The van der Waals surface area contributed by atoms with Gasteiger partial charge in [-0.3, -0.25) is 14.5 Å². The Morgan fingerprint density at radius 3 is 1.95 bits per heavy atom. The van der Waals surface area contributed by atoms with Gasteiger partial charge in [0.15, 0.2) is 0 Å². The second kappa shape index (κ2) is 7.41. The molecule has 0 N–H and O–H groups in total. The summed E-state index contributed by atoms with van der Waals surface area (Å²) in [6, 6.07) is 1.19. The normalized spacial score (nSPS) is 14.3. The number of amides is 2. The average Bonchev–Trinajstić information content (AvgIpc) is 2.49. The summed E-state index contributed by atoms with van der Waals surface area (Å²) in [5.74, 6) is -0.355. The predicted octanol–water partition coefficient (Wildman–Crippen LogP) is 0.934. The molecule has 2 unspecified atom stereocenters. The van der Waals surface area contributed by atoms with Crippen LogP contribution in [0.15, 0.2) is 0 Å². The van der Waals surface area contributed by atoms with Crippen LogP contribution in [0.25, 0.3) is 0 Å². The van der Waals surface area contributed by atoms with Gasteiger partial charge in [-0.05, 0) is 41.3 Å². The molecular weight excluding hydrogens is 268 g/mol. The van der Waals surface area contributed by atoms with Gasteiger partial charge in [-0.25, -0.2) is 0 Å². The van der Waals surface area contributed by atoms with Crippen molar-refractivity contribution >= 4 is 11.8 Å². The first-order valence-electron chi connectivity index (χ1n) is 7.17. The van der Waals surface area contributed by atoms with Crippen molar-refractivity contribution in [3.05, 3.63) is 0 Å². The number of nitrogens with zero attached hydrogens (tertiary/aromatic N) is 4. The van der Waals surface area contributed by atoms with Gasteiger partial charge < -0.3 is 9.80 Å². The van der Waals surface area contributed by atoms with Crippen LogP contribution in [0.2, 0.25) is 0 Å². The molecule has 0 fully saturated rings. The Labute approximate surface area is 128 Å². The highest BCUT2D eigenvalue weighted by Gasteiger charge is 2.34. The average molecular weight is 296 g/mol. The fourth-order valence-electron chi connectivity index (χ4n) is 1.74. The van der Waals surface area contributed by atoms with Crippen molar-refractivity contribution in [3.8, 4) is 6.07 Å². The smallest absolute Gasteiger partial charge is 0.246 e. The van der Waals surface area contributed by atoms with E-state index in [1.165, 1.54) is 9.80 Å². The summed E-state index contributed by atoms with van der Waals surface area (Å²) in [5.41, 5.74) is -0.902. The number of carbonyl (C=O) groups excluding carboxylic acids is 2. The summed E-state index contributed by atoms with van der Waals surface area (Å²) in [5, 5.41) is 9.10. The lowest BCUT2D eigenvalue weighted by Gasteiger charge is -2.36. The molecule has 0 heterocycles. The molecule has 2 amide bonds. The van der Waals surface area contributed by atoms with Crippen molar-refractivity contribution in [1.82, 2.24) is 14.7 Å². The lowest BCUT2D eigenvalue weighted by atomic mass is 10.0. The molecule has 0 aromatic heterocycles. The van der Waals surface area contributed by atoms with Crippen molar-refractivity contribution in [1.29, 1.82) is 5.26 Å². The van der Waals surface area contributed by atoms with Crippen molar-refractivity contribution in [2.24, 2.45) is 0 Å². The Morgan fingerprint density at radius 1 is 1.10 bits per heavy atom. The molecule has 0 aliphatic heterocycles. The molecule has 0 aliphatic carbocycles. The van der Waals surface area contributed by atoms with Crippen LogP contribution in [0.3, 0.4) is 0 Å². The van der Waals surface area contributed by atoms with Crippen LogP contribution < -0.4 is 0 Å². The molecule has 21 heavy (non-hydrogen) atoms. The Morgan fingerprint density at radius 2 is 1.57 bits per heavy atom. The van der Waals surface area contributed by atoms with Gasteiger partial charge in [0.2, 0.25) is 11.8 Å². The molecule has 0 aromatic carbocycles. The van der Waals surface area contributed by atoms with Crippen LogP contribution >= 0.6 is 0 Å². The number of hydrogen-bond donors (Lipinski definition) is 0. The third-order valence-electron chi connectivity index (χ3n) is 4.25. The van der Waals surface area contributed by atoms with E-state index in [4.69, 9.17) is 5.26 Å². The van der Waals surface area contributed by atoms with Crippen LogP contribution in [-0.4, -0.2) is 71.8 Å². The fraction of sp³-hybridized carbons (Fsp3) is 0.800. The van der Waals surface area contributed by atoms with E-state index in [1.54, 1.807) is 34.9 Å². The van der Waals surface area contributed by atoms with Crippen LogP contribution in [0.4, 0.5) is 0 Å². The Bertz CT molecular complexity index is 428. The van der Waals surface area contributed by atoms with Crippen molar-refractivity contribution in [2.75, 3.05) is 27.7 Å². The van der Waals surface area contributed by atoms with Crippen molar-refractivity contribution in [2.45, 2.75) is 52.2 Å². The Balaban J connectivity index is 5.02. The van der Waals surface area contributed by atoms with Gasteiger partial charge in [0.1, 0.15) is 11.6 Å². The number of rotatable bonds is 6. The van der Waals surface area contributed by atoms with Crippen LogP contribution in [-0.2, 0) is 9.59 Å². The maximum Gasteiger partial charge on any atom is 0.246 e. The first-order chi connectivity index (χ1) is 9.51. The molecular formula is C15H28N4O2. The van der Waals surface area contributed by atoms with E-state index in [-0.39, 0.29) is 17.9 Å². The highest BCUT2D eigenvalue weighted by Crippen LogP contribution is 2.14. The lowest BCUT2D eigenvalue weighted by Crippen LogP contribution is -2.55. The van der Waals surface area contributed by atoms with Gasteiger partial charge in [0, 0.05) is 14.1 Å². The van der Waals surface area contributed by atoms with E-state index < -0.39 is 11.6 Å². The summed E-state index contributed by atoms with van der Waals surface area (Å²) in [4.78, 5) is 29.6. The van der Waals surface area contributed by atoms with Crippen LogP contribution in [0, 0.1) is 11.3 Å². The fourth-order valence-corrected chi connectivity index (χ4v) is 1.74. The molecule has 120 valence electrons. The van der Waals surface area contributed by atoms with E-state index in [1.807, 2.05) is 25.8 Å². The molecule has 0 aliphatic rings. The van der Waals surface area contributed by atoms with E-state index in [0.717, 1.165) is 6.54 Å². The first-order valence-corrected chi connectivity index (χ1v) is 7.17. The van der Waals surface area contributed by atoms with Gasteiger partial charge in [0.05, 0.1) is 12.1 Å². The molecule has 0 rings (SSSR count). The highest BCUT2D eigenvalue weighted by molar-refractivity contribution is 5.89. The topological polar surface area (TPSA) is 67.7 Å². The Kier molecular flexibility index (Phi) is 6.84. The summed E-state index contributed by atoms with van der Waals surface area (Å²) in [6.07, 6.45) is 0. The predicted molar refractivity (Wildman–Crippen MR) is 82.5 cm³/mol. The Hall–Kier alpha value is -1.61. The van der Waals surface area contributed by atoms with Crippen molar-refractivity contribution in [3.63, 3.8) is 0 Å². The van der Waals surface area contributed by atoms with Gasteiger partial charge in [-0.1, -0.05) is 6.92 Å². The largest absolute Gasteiger partial charge is 0.333 e. The second-order valence-corrected chi connectivity index (χ2v) is 5.94. The molecule has 6 nitrogen and oxygen atoms in total. The summed E-state index contributed by atoms with van der Waals surface area (Å²) < 4.78 is 0. The first kappa shape index (κ1) is 19.4. The lowest BCUT2D eigenvalue weighted by molar-refractivity contribution is -0.147. The third-order valence-corrected chi connectivity index (χ3v) is 4.25. The monoisotopic (exact) mass is 296 g/mol. The molecule has 0 aromatic rings. The number of hydrogen-bond acceptors (Lipinski definition) is 4. The van der Waals surface area contributed by atoms with Crippen LogP contribution in [0.5, 0.6) is 0 Å². The second-order valence-electron chi connectivity index (χ2n) is 5.94. The van der Waals surface area contributed by atoms with Gasteiger partial charge in [-0.2, -0.15) is 5.26 Å². The van der Waals surface area contributed by atoms with Gasteiger partial charge in [0.25, 0.3) is 0 Å². The number of likely N-dealkylation sites (N-methyl/N-ethyl adjacent to an activating group) is 3. The SMILES string of the molecule is CCN(C)C(C)C(=O)N(C)C(C)C(=O)N(C)C(C)(C)C#N. The quantitative estimate of drug-likeness (QED) is 0.731. The minimum atomic E-state index is -0.902. The maximum absolute atomic E-state index is 12.4. The van der Waals surface area contributed by atoms with E-state index in [9.17, 15) is 9.59 Å². The van der Waals surface area contributed by atoms with E-state index in [2.05, 4.69) is 6.07 Å². The molecule has 6 heteroatoms. The molecule has 0 spiro atoms. The summed E-state index contributed by atoms with van der Waals surface area (Å²) >= 11 is 0. The summed E-state index contributed by atoms with van der Waals surface area (Å²) in [7, 11) is 5.08. The number of carbonyl (C=O) groups is 2. The maximum atomic E-state index is 12.4.